The zero-order valence-electron chi connectivity index (χ0n) is 13.5. The zero-order chi connectivity index (χ0) is 17.7. The molecular formula is C18H13N7O. The number of hydrogen-bond acceptors (Lipinski definition) is 5. The number of nitrogens with zero attached hydrogens (tertiary/aromatic N) is 4. The van der Waals surface area contributed by atoms with Gasteiger partial charge in [-0.25, -0.2) is 4.98 Å². The van der Waals surface area contributed by atoms with Crippen LogP contribution in [0.15, 0.2) is 59.4 Å². The van der Waals surface area contributed by atoms with E-state index >= 15 is 0 Å². The summed E-state index contributed by atoms with van der Waals surface area (Å²) in [6, 6.07) is 16.6. The van der Waals surface area contributed by atoms with Gasteiger partial charge in [-0.3, -0.25) is 9.89 Å². The van der Waals surface area contributed by atoms with E-state index in [0.717, 1.165) is 16.6 Å². The number of benzene rings is 2. The van der Waals surface area contributed by atoms with Crippen LogP contribution in [-0.2, 0) is 0 Å². The molecule has 0 aliphatic heterocycles. The van der Waals surface area contributed by atoms with Gasteiger partial charge in [-0.15, -0.1) is 0 Å². The van der Waals surface area contributed by atoms with Gasteiger partial charge in [0.15, 0.2) is 5.65 Å². The molecule has 4 N–H and O–H groups in total. The van der Waals surface area contributed by atoms with Crippen LogP contribution in [0, 0.1) is 0 Å². The Morgan fingerprint density at radius 1 is 0.923 bits per heavy atom. The van der Waals surface area contributed by atoms with Crippen molar-refractivity contribution in [3.63, 3.8) is 0 Å². The van der Waals surface area contributed by atoms with Crippen LogP contribution in [0.25, 0.3) is 39.1 Å². The number of nitrogens with two attached hydrogens (primary N) is 1. The van der Waals surface area contributed by atoms with E-state index in [4.69, 9.17) is 5.73 Å². The summed E-state index contributed by atoms with van der Waals surface area (Å²) in [5.41, 5.74) is 10.8. The highest BCUT2D eigenvalue weighted by atomic mass is 16.1. The molecule has 8 heteroatoms. The molecule has 0 saturated carbocycles. The van der Waals surface area contributed by atoms with Crippen molar-refractivity contribution in [2.45, 2.75) is 0 Å². The number of aromatic nitrogens is 6. The molecular weight excluding hydrogens is 330 g/mol. The molecule has 0 saturated heterocycles. The van der Waals surface area contributed by atoms with Crippen LogP contribution in [0.2, 0.25) is 0 Å². The lowest BCUT2D eigenvalue weighted by molar-refractivity contribution is 0.906. The van der Waals surface area contributed by atoms with E-state index in [1.54, 1.807) is 0 Å². The van der Waals surface area contributed by atoms with Crippen LogP contribution in [0.5, 0.6) is 0 Å². The minimum Gasteiger partial charge on any atom is -0.384 e. The summed E-state index contributed by atoms with van der Waals surface area (Å²) in [5.74, 6) is 0.393. The first-order valence-corrected chi connectivity index (χ1v) is 7.98. The van der Waals surface area contributed by atoms with Crippen LogP contribution < -0.4 is 11.3 Å². The maximum Gasteiger partial charge on any atom is 0.273 e. The number of hydrogen-bond donors (Lipinski definition) is 3. The minimum atomic E-state index is -0.237. The number of rotatable bonds is 2. The van der Waals surface area contributed by atoms with Gasteiger partial charge in [-0.05, 0) is 17.7 Å². The second-order valence-corrected chi connectivity index (χ2v) is 5.93. The molecule has 0 radical (unpaired) electrons. The van der Waals surface area contributed by atoms with Gasteiger partial charge >= 0.3 is 0 Å². The molecule has 3 aromatic heterocycles. The van der Waals surface area contributed by atoms with E-state index in [-0.39, 0.29) is 5.56 Å². The first-order chi connectivity index (χ1) is 12.7. The third kappa shape index (κ3) is 2.09. The zero-order valence-corrected chi connectivity index (χ0v) is 13.5. The third-order valence-corrected chi connectivity index (χ3v) is 4.32. The SMILES string of the molecule is Nc1[nH]n2c(=O)cc(-c3ccc4n[nH]nc4c3)nc2c1-c1ccccc1. The highest BCUT2D eigenvalue weighted by Crippen LogP contribution is 2.29. The summed E-state index contributed by atoms with van der Waals surface area (Å²) in [4.78, 5) is 17.3. The van der Waals surface area contributed by atoms with Crippen LogP contribution in [0.3, 0.4) is 0 Å². The monoisotopic (exact) mass is 343 g/mol. The van der Waals surface area contributed by atoms with Crippen molar-refractivity contribution < 1.29 is 0 Å². The maximum absolute atomic E-state index is 12.6. The maximum atomic E-state index is 12.6. The van der Waals surface area contributed by atoms with Crippen LogP contribution in [0.4, 0.5) is 5.82 Å². The number of anilines is 1. The second-order valence-electron chi connectivity index (χ2n) is 5.93. The van der Waals surface area contributed by atoms with Crippen molar-refractivity contribution in [2.24, 2.45) is 0 Å². The molecule has 0 amide bonds. The lowest BCUT2D eigenvalue weighted by Crippen LogP contribution is -2.14. The summed E-state index contributed by atoms with van der Waals surface area (Å²) in [5, 5.41) is 13.6. The average Bonchev–Trinajstić information content (AvgIpc) is 3.25. The van der Waals surface area contributed by atoms with Crippen molar-refractivity contribution in [1.29, 1.82) is 0 Å². The van der Waals surface area contributed by atoms with Gasteiger partial charge in [0.2, 0.25) is 0 Å². The summed E-state index contributed by atoms with van der Waals surface area (Å²) < 4.78 is 1.36. The lowest BCUT2D eigenvalue weighted by atomic mass is 10.1. The van der Waals surface area contributed by atoms with Crippen molar-refractivity contribution in [3.05, 3.63) is 65.0 Å². The van der Waals surface area contributed by atoms with Gasteiger partial charge in [-0.2, -0.15) is 19.9 Å². The van der Waals surface area contributed by atoms with Gasteiger partial charge in [0.25, 0.3) is 5.56 Å². The Morgan fingerprint density at radius 3 is 2.58 bits per heavy atom. The average molecular weight is 343 g/mol. The number of nitrogens with one attached hydrogen (secondary N) is 2. The van der Waals surface area contributed by atoms with Crippen molar-refractivity contribution >= 4 is 22.5 Å². The van der Waals surface area contributed by atoms with Crippen LogP contribution in [0.1, 0.15) is 0 Å². The van der Waals surface area contributed by atoms with Crippen LogP contribution >= 0.6 is 0 Å². The molecule has 126 valence electrons. The molecule has 3 heterocycles. The summed E-state index contributed by atoms with van der Waals surface area (Å²) in [7, 11) is 0. The fourth-order valence-corrected chi connectivity index (χ4v) is 3.09. The third-order valence-electron chi connectivity index (χ3n) is 4.32. The van der Waals surface area contributed by atoms with Gasteiger partial charge in [0.1, 0.15) is 16.9 Å². The molecule has 8 nitrogen and oxygen atoms in total. The molecule has 0 bridgehead atoms. The Hall–Kier alpha value is -3.94. The van der Waals surface area contributed by atoms with Gasteiger partial charge in [-0.1, -0.05) is 36.4 Å². The molecule has 0 spiro atoms. The van der Waals surface area contributed by atoms with E-state index in [9.17, 15) is 4.79 Å². The number of fused-ring (bicyclic) bond motifs is 2. The predicted molar refractivity (Wildman–Crippen MR) is 98.5 cm³/mol. The highest BCUT2D eigenvalue weighted by Gasteiger charge is 2.16. The van der Waals surface area contributed by atoms with E-state index in [1.807, 2.05) is 48.5 Å². The van der Waals surface area contributed by atoms with Gasteiger partial charge in [0, 0.05) is 11.6 Å². The highest BCUT2D eigenvalue weighted by molar-refractivity contribution is 5.87. The standard InChI is InChI=1S/C18H13N7O/c19-17-16(10-4-2-1-3-5-10)18-20-13(9-15(26)25(18)23-17)11-6-7-12-14(8-11)22-24-21-12/h1-9,23H,19H2,(H,21,22,24). The Bertz CT molecular complexity index is 1310. The molecule has 0 aliphatic carbocycles. The summed E-state index contributed by atoms with van der Waals surface area (Å²) in [6.07, 6.45) is 0. The Balaban J connectivity index is 1.79. The predicted octanol–water partition coefficient (Wildman–Crippen LogP) is 2.21. The fourth-order valence-electron chi connectivity index (χ4n) is 3.09. The fraction of sp³-hybridized carbons (Fsp3) is 0. The first-order valence-electron chi connectivity index (χ1n) is 7.98. The van der Waals surface area contributed by atoms with Crippen molar-refractivity contribution in [1.82, 2.24) is 30.0 Å². The first kappa shape index (κ1) is 14.4. The largest absolute Gasteiger partial charge is 0.384 e. The topological polar surface area (TPSA) is 118 Å². The second kappa shape index (κ2) is 5.28. The van der Waals surface area contributed by atoms with Gasteiger partial charge < -0.3 is 5.73 Å². The van der Waals surface area contributed by atoms with E-state index in [1.165, 1.54) is 10.6 Å². The Labute approximate surface area is 146 Å². The number of nitrogen functional groups attached to an aromatic ring is 1. The van der Waals surface area contributed by atoms with Gasteiger partial charge in [0.05, 0.1) is 11.3 Å². The van der Waals surface area contributed by atoms with E-state index in [2.05, 4.69) is 25.5 Å². The molecule has 0 aliphatic rings. The minimum absolute atomic E-state index is 0.237. The molecule has 2 aromatic carbocycles. The summed E-state index contributed by atoms with van der Waals surface area (Å²) in [6.45, 7) is 0. The Kier molecular flexibility index (Phi) is 2.93. The molecule has 0 fully saturated rings. The smallest absolute Gasteiger partial charge is 0.273 e. The van der Waals surface area contributed by atoms with Crippen molar-refractivity contribution in [3.8, 4) is 22.4 Å². The normalized spacial score (nSPS) is 11.4. The van der Waals surface area contributed by atoms with Crippen LogP contribution in [-0.4, -0.2) is 30.0 Å². The lowest BCUT2D eigenvalue weighted by Gasteiger charge is -2.03. The summed E-state index contributed by atoms with van der Waals surface area (Å²) >= 11 is 0. The number of H-pyrrole nitrogens is 2. The molecule has 5 aromatic rings. The van der Waals surface area contributed by atoms with E-state index < -0.39 is 0 Å². The molecule has 0 unspecified atom stereocenters. The Morgan fingerprint density at radius 2 is 1.73 bits per heavy atom. The molecule has 26 heavy (non-hydrogen) atoms. The number of aromatic amines is 2. The molecule has 5 rings (SSSR count). The molecule has 0 atom stereocenters. The van der Waals surface area contributed by atoms with E-state index in [0.29, 0.717) is 28.2 Å². The van der Waals surface area contributed by atoms with Crippen molar-refractivity contribution in [2.75, 3.05) is 5.73 Å². The quantitative estimate of drug-likeness (QED) is 0.454.